The van der Waals surface area contributed by atoms with E-state index >= 15 is 0 Å². The van der Waals surface area contributed by atoms with Crippen molar-refractivity contribution >= 4 is 10.8 Å². The highest BCUT2D eigenvalue weighted by Crippen LogP contribution is 2.60. The number of piperidine rings is 1. The van der Waals surface area contributed by atoms with E-state index in [4.69, 9.17) is 0 Å². The molecule has 2 aliphatic carbocycles. The minimum absolute atomic E-state index is 0.0777. The molecule has 164 valence electrons. The van der Waals surface area contributed by atoms with Crippen LogP contribution in [0.1, 0.15) is 53.0 Å². The van der Waals surface area contributed by atoms with Crippen molar-refractivity contribution in [2.45, 2.75) is 36.2 Å². The first-order valence-electron chi connectivity index (χ1n) is 12.1. The molecule has 0 spiro atoms. The van der Waals surface area contributed by atoms with E-state index in [1.54, 1.807) is 0 Å². The second-order valence-corrected chi connectivity index (χ2v) is 10.2. The van der Waals surface area contributed by atoms with Gasteiger partial charge in [0.1, 0.15) is 0 Å². The zero-order valence-electron chi connectivity index (χ0n) is 18.7. The first-order valence-corrected chi connectivity index (χ1v) is 12.1. The number of fused-ring (bicyclic) bond motifs is 9. The Labute approximate surface area is 194 Å². The van der Waals surface area contributed by atoms with Crippen molar-refractivity contribution in [1.29, 1.82) is 0 Å². The van der Waals surface area contributed by atoms with Crippen molar-refractivity contribution in [3.63, 3.8) is 0 Å². The van der Waals surface area contributed by atoms with Gasteiger partial charge in [0.2, 0.25) is 0 Å². The van der Waals surface area contributed by atoms with Crippen molar-refractivity contribution in [3.8, 4) is 0 Å². The topological polar surface area (TPSA) is 36.4 Å². The van der Waals surface area contributed by atoms with E-state index in [9.17, 15) is 5.11 Å². The minimum atomic E-state index is -0.814. The Bertz CT molecular complexity index is 1320. The van der Waals surface area contributed by atoms with Gasteiger partial charge in [-0.25, -0.2) is 0 Å². The summed E-state index contributed by atoms with van der Waals surface area (Å²) in [6.45, 7) is 2.83. The molecule has 1 saturated heterocycles. The molecule has 2 bridgehead atoms. The number of nitrogens with zero attached hydrogens (tertiary/aromatic N) is 2. The molecule has 33 heavy (non-hydrogen) atoms. The van der Waals surface area contributed by atoms with Gasteiger partial charge in [-0.1, -0.05) is 72.8 Å². The molecule has 7 rings (SSSR count). The molecule has 4 aromatic rings. The van der Waals surface area contributed by atoms with Crippen molar-refractivity contribution in [2.75, 3.05) is 19.6 Å². The van der Waals surface area contributed by atoms with Crippen LogP contribution in [0.5, 0.6) is 0 Å². The molecule has 1 aromatic heterocycles. The lowest BCUT2D eigenvalue weighted by Gasteiger charge is -2.43. The van der Waals surface area contributed by atoms with Crippen LogP contribution in [-0.4, -0.2) is 34.6 Å². The van der Waals surface area contributed by atoms with E-state index < -0.39 is 5.60 Å². The number of hydrogen-bond acceptors (Lipinski definition) is 3. The summed E-state index contributed by atoms with van der Waals surface area (Å²) in [4.78, 5) is 7.03. The maximum Gasteiger partial charge on any atom is 0.0941 e. The van der Waals surface area contributed by atoms with Crippen molar-refractivity contribution in [1.82, 2.24) is 9.88 Å². The van der Waals surface area contributed by atoms with Crippen LogP contribution in [0.15, 0.2) is 85.2 Å². The summed E-state index contributed by atoms with van der Waals surface area (Å²) in [5.41, 5.74) is 6.33. The number of hydrogen-bond donors (Lipinski definition) is 1. The van der Waals surface area contributed by atoms with Gasteiger partial charge in [0, 0.05) is 54.3 Å². The summed E-state index contributed by atoms with van der Waals surface area (Å²) in [5.74, 6) is 0.529. The second kappa shape index (κ2) is 6.99. The zero-order chi connectivity index (χ0) is 22.0. The zero-order valence-corrected chi connectivity index (χ0v) is 18.7. The molecule has 3 aromatic carbocycles. The van der Waals surface area contributed by atoms with Gasteiger partial charge in [0.05, 0.1) is 5.60 Å². The lowest BCUT2D eigenvalue weighted by atomic mass is 9.74. The summed E-state index contributed by atoms with van der Waals surface area (Å²) < 4.78 is 0. The quantitative estimate of drug-likeness (QED) is 0.474. The molecule has 0 amide bonds. The highest BCUT2D eigenvalue weighted by molar-refractivity contribution is 5.85. The van der Waals surface area contributed by atoms with Gasteiger partial charge >= 0.3 is 0 Å². The fourth-order valence-corrected chi connectivity index (χ4v) is 7.03. The maximum absolute atomic E-state index is 11.7. The van der Waals surface area contributed by atoms with Crippen LogP contribution in [-0.2, 0) is 11.0 Å². The lowest BCUT2D eigenvalue weighted by Crippen LogP contribution is -2.47. The monoisotopic (exact) mass is 432 g/mol. The van der Waals surface area contributed by atoms with Gasteiger partial charge in [0.15, 0.2) is 0 Å². The van der Waals surface area contributed by atoms with Crippen molar-refractivity contribution in [2.24, 2.45) is 0 Å². The molecule has 3 heteroatoms. The van der Waals surface area contributed by atoms with Crippen LogP contribution in [0, 0.1) is 0 Å². The SMILES string of the molecule is OC1(c2cncc3ccccc23)CCN(CC23CC(c4ccccc42)c2ccccc23)CC1. The number of aliphatic hydroxyl groups is 1. The molecule has 0 unspecified atom stereocenters. The van der Waals surface area contributed by atoms with Gasteiger partial charge in [0.25, 0.3) is 0 Å². The summed E-state index contributed by atoms with van der Waals surface area (Å²) in [7, 11) is 0. The lowest BCUT2D eigenvalue weighted by molar-refractivity contribution is -0.0280. The number of rotatable bonds is 3. The highest BCUT2D eigenvalue weighted by Gasteiger charge is 2.53. The molecule has 0 radical (unpaired) electrons. The number of likely N-dealkylation sites (tertiary alicyclic amines) is 1. The van der Waals surface area contributed by atoms with Crippen molar-refractivity contribution in [3.05, 3.63) is 113 Å². The molecular weight excluding hydrogens is 404 g/mol. The summed E-state index contributed by atoms with van der Waals surface area (Å²) in [5, 5.41) is 13.9. The third-order valence-corrected chi connectivity index (χ3v) is 8.60. The average Bonchev–Trinajstić information content (AvgIpc) is 3.38. The third kappa shape index (κ3) is 2.73. The predicted octanol–water partition coefficient (Wildman–Crippen LogP) is 5.35. The normalized spacial score (nSPS) is 25.2. The Hall–Kier alpha value is -3.01. The average molecular weight is 433 g/mol. The van der Waals surface area contributed by atoms with Crippen LogP contribution >= 0.6 is 0 Å². The Morgan fingerprint density at radius 2 is 1.42 bits per heavy atom. The van der Waals surface area contributed by atoms with Crippen LogP contribution in [0.4, 0.5) is 0 Å². The standard InChI is InChI=1S/C30H28N2O/c33-30(28-19-31-18-21-7-1-2-8-22(21)28)13-15-32(16-14-30)20-29-17-25(23-9-3-5-11-26(23)29)24-10-4-6-12-27(24)29/h1-12,18-19,25,33H,13-17,20H2. The molecule has 1 N–H and O–H groups in total. The minimum Gasteiger partial charge on any atom is -0.385 e. The Kier molecular flexibility index (Phi) is 4.12. The van der Waals surface area contributed by atoms with E-state index in [1.165, 1.54) is 28.7 Å². The molecule has 1 fully saturated rings. The van der Waals surface area contributed by atoms with E-state index in [-0.39, 0.29) is 5.41 Å². The van der Waals surface area contributed by atoms with E-state index in [0.29, 0.717) is 5.92 Å². The fraction of sp³-hybridized carbons (Fsp3) is 0.300. The van der Waals surface area contributed by atoms with Gasteiger partial charge in [-0.3, -0.25) is 4.98 Å². The molecular formula is C30H28N2O. The maximum atomic E-state index is 11.7. The van der Waals surface area contributed by atoms with Gasteiger partial charge in [-0.05, 0) is 46.9 Å². The molecule has 0 saturated carbocycles. The molecule has 2 heterocycles. The predicted molar refractivity (Wildman–Crippen MR) is 131 cm³/mol. The summed E-state index contributed by atoms with van der Waals surface area (Å²) >= 11 is 0. The van der Waals surface area contributed by atoms with Crippen LogP contribution in [0.3, 0.4) is 0 Å². The summed E-state index contributed by atoms with van der Waals surface area (Å²) in [6, 6.07) is 26.4. The number of benzene rings is 3. The summed E-state index contributed by atoms with van der Waals surface area (Å²) in [6.07, 6.45) is 6.43. The second-order valence-electron chi connectivity index (χ2n) is 10.2. The van der Waals surface area contributed by atoms with E-state index in [0.717, 1.165) is 48.8 Å². The first kappa shape index (κ1) is 19.5. The Morgan fingerprint density at radius 1 is 0.788 bits per heavy atom. The molecule has 3 aliphatic rings. The van der Waals surface area contributed by atoms with E-state index in [1.807, 2.05) is 18.5 Å². The fourth-order valence-electron chi connectivity index (χ4n) is 7.03. The number of pyridine rings is 1. The molecule has 3 nitrogen and oxygen atoms in total. The molecule has 1 aliphatic heterocycles. The highest BCUT2D eigenvalue weighted by atomic mass is 16.3. The Balaban J connectivity index is 1.19. The Morgan fingerprint density at radius 3 is 2.15 bits per heavy atom. The third-order valence-electron chi connectivity index (χ3n) is 8.60. The molecule has 0 atom stereocenters. The van der Waals surface area contributed by atoms with Gasteiger partial charge < -0.3 is 10.0 Å². The van der Waals surface area contributed by atoms with Gasteiger partial charge in [-0.2, -0.15) is 0 Å². The smallest absolute Gasteiger partial charge is 0.0941 e. The van der Waals surface area contributed by atoms with Gasteiger partial charge in [-0.15, -0.1) is 0 Å². The van der Waals surface area contributed by atoms with Crippen LogP contribution < -0.4 is 0 Å². The van der Waals surface area contributed by atoms with Crippen molar-refractivity contribution < 1.29 is 5.11 Å². The van der Waals surface area contributed by atoms with Crippen LogP contribution in [0.25, 0.3) is 10.8 Å². The number of aromatic nitrogens is 1. The van der Waals surface area contributed by atoms with Crippen LogP contribution in [0.2, 0.25) is 0 Å². The first-order chi connectivity index (χ1) is 16.2. The largest absolute Gasteiger partial charge is 0.385 e. The van der Waals surface area contributed by atoms with E-state index in [2.05, 4.69) is 76.6 Å².